The van der Waals surface area contributed by atoms with Crippen molar-refractivity contribution >= 4 is 11.8 Å². The van der Waals surface area contributed by atoms with E-state index in [1.807, 2.05) is 31.9 Å². The zero-order valence-electron chi connectivity index (χ0n) is 19.4. The molecule has 0 unspecified atom stereocenters. The van der Waals surface area contributed by atoms with E-state index in [9.17, 15) is 9.59 Å². The van der Waals surface area contributed by atoms with Gasteiger partial charge in [0.25, 0.3) is 5.91 Å². The Labute approximate surface area is 192 Å². The molecule has 4 rings (SSSR count). The van der Waals surface area contributed by atoms with Gasteiger partial charge in [0.2, 0.25) is 5.91 Å². The van der Waals surface area contributed by atoms with E-state index < -0.39 is 0 Å². The molecule has 3 aromatic rings. The largest absolute Gasteiger partial charge is 0.453 e. The second kappa shape index (κ2) is 9.58. The van der Waals surface area contributed by atoms with Crippen molar-refractivity contribution in [2.45, 2.75) is 53.3 Å². The van der Waals surface area contributed by atoms with Crippen LogP contribution < -0.4 is 5.32 Å². The molecule has 0 saturated heterocycles. The third-order valence-corrected chi connectivity index (χ3v) is 6.06. The Kier molecular flexibility index (Phi) is 6.60. The smallest absolute Gasteiger partial charge is 0.287 e. The maximum Gasteiger partial charge on any atom is 0.287 e. The lowest BCUT2D eigenvalue weighted by Crippen LogP contribution is -2.38. The third kappa shape index (κ3) is 4.83. The highest BCUT2D eigenvalue weighted by atomic mass is 16.5. The maximum absolute atomic E-state index is 12.9. The normalized spacial score (nSPS) is 13.2. The van der Waals surface area contributed by atoms with Gasteiger partial charge in [-0.1, -0.05) is 5.16 Å². The zero-order chi connectivity index (χ0) is 23.5. The minimum atomic E-state index is -0.290. The first kappa shape index (κ1) is 22.7. The number of methoxy groups -OCH3 is 1. The van der Waals surface area contributed by atoms with Crippen LogP contribution in [-0.2, 0) is 42.1 Å². The molecule has 0 spiro atoms. The summed E-state index contributed by atoms with van der Waals surface area (Å²) in [6, 6.07) is 3.36. The molecule has 0 radical (unpaired) electrons. The summed E-state index contributed by atoms with van der Waals surface area (Å²) in [4.78, 5) is 31.8. The number of ether oxygens (including phenoxy) is 1. The summed E-state index contributed by atoms with van der Waals surface area (Å²) in [5.74, 6) is 1.27. The van der Waals surface area contributed by atoms with E-state index in [4.69, 9.17) is 13.7 Å². The number of furan rings is 1. The van der Waals surface area contributed by atoms with Crippen LogP contribution in [0.5, 0.6) is 0 Å². The Bertz CT molecular complexity index is 1160. The highest BCUT2D eigenvalue weighted by Crippen LogP contribution is 2.25. The first-order chi connectivity index (χ1) is 15.9. The summed E-state index contributed by atoms with van der Waals surface area (Å²) in [7, 11) is 1.57. The molecule has 9 heteroatoms. The predicted octanol–water partition coefficient (Wildman–Crippen LogP) is 2.79. The van der Waals surface area contributed by atoms with Crippen LogP contribution in [0.15, 0.2) is 27.3 Å². The van der Waals surface area contributed by atoms with Crippen LogP contribution in [0.4, 0.5) is 0 Å². The minimum absolute atomic E-state index is 0.0372. The molecule has 0 atom stereocenters. The third-order valence-electron chi connectivity index (χ3n) is 6.06. The van der Waals surface area contributed by atoms with E-state index >= 15 is 0 Å². The first-order valence-electron chi connectivity index (χ1n) is 10.9. The van der Waals surface area contributed by atoms with Gasteiger partial charge in [0.1, 0.15) is 18.1 Å². The fourth-order valence-electron chi connectivity index (χ4n) is 4.16. The van der Waals surface area contributed by atoms with Crippen LogP contribution in [0.2, 0.25) is 0 Å². The van der Waals surface area contributed by atoms with E-state index in [-0.39, 0.29) is 24.0 Å². The summed E-state index contributed by atoms with van der Waals surface area (Å²) in [6.45, 7) is 7.35. The van der Waals surface area contributed by atoms with Crippen LogP contribution >= 0.6 is 0 Å². The van der Waals surface area contributed by atoms with Crippen molar-refractivity contribution in [2.24, 2.45) is 0 Å². The number of carbonyl (C=O) groups is 2. The van der Waals surface area contributed by atoms with Crippen molar-refractivity contribution in [1.82, 2.24) is 20.4 Å². The van der Waals surface area contributed by atoms with Crippen LogP contribution in [0.1, 0.15) is 55.7 Å². The molecule has 1 N–H and O–H groups in total. The van der Waals surface area contributed by atoms with Crippen LogP contribution in [0, 0.1) is 20.8 Å². The van der Waals surface area contributed by atoms with E-state index in [0.717, 1.165) is 33.6 Å². The number of aryl methyl sites for hydroxylation is 3. The predicted molar refractivity (Wildman–Crippen MR) is 118 cm³/mol. The van der Waals surface area contributed by atoms with Gasteiger partial charge >= 0.3 is 0 Å². The Morgan fingerprint density at radius 2 is 2.00 bits per heavy atom. The average Bonchev–Trinajstić information content (AvgIpc) is 3.40. The SMILES string of the molecule is COCc1ccc(C(=O)NCc2c(C)ncc3c2CCN(C(=O)Cc2c(C)noc2C)C3)o1. The van der Waals surface area contributed by atoms with Crippen molar-refractivity contribution < 1.29 is 23.3 Å². The molecule has 0 bridgehead atoms. The van der Waals surface area contributed by atoms with Gasteiger partial charge in [0, 0.05) is 44.2 Å². The van der Waals surface area contributed by atoms with Gasteiger partial charge in [0.15, 0.2) is 5.76 Å². The molecular weight excluding hydrogens is 424 g/mol. The van der Waals surface area contributed by atoms with Crippen molar-refractivity contribution in [3.63, 3.8) is 0 Å². The zero-order valence-corrected chi connectivity index (χ0v) is 19.4. The van der Waals surface area contributed by atoms with Crippen molar-refractivity contribution in [3.05, 3.63) is 69.3 Å². The standard InChI is InChI=1S/C24H28N4O5/c1-14-21(11-26-24(30)22-6-5-18(32-22)13-31-4)19-7-8-28(12-17(19)10-25-14)23(29)9-20-15(2)27-33-16(20)3/h5-6,10H,7-9,11-13H2,1-4H3,(H,26,30). The van der Waals surface area contributed by atoms with Gasteiger partial charge in [0.05, 0.1) is 12.1 Å². The number of rotatable bonds is 7. The molecule has 0 fully saturated rings. The molecule has 3 aromatic heterocycles. The molecule has 0 saturated carbocycles. The van der Waals surface area contributed by atoms with Crippen molar-refractivity contribution in [2.75, 3.05) is 13.7 Å². The number of pyridine rings is 1. The second-order valence-corrected chi connectivity index (χ2v) is 8.25. The maximum atomic E-state index is 12.9. The number of nitrogens with zero attached hydrogens (tertiary/aromatic N) is 3. The molecular formula is C24H28N4O5. The Morgan fingerprint density at radius 1 is 1.18 bits per heavy atom. The van der Waals surface area contributed by atoms with Gasteiger partial charge in [-0.05, 0) is 56.0 Å². The fraction of sp³-hybridized carbons (Fsp3) is 0.417. The summed E-state index contributed by atoms with van der Waals surface area (Å²) >= 11 is 0. The number of hydrogen-bond donors (Lipinski definition) is 1. The Morgan fingerprint density at radius 3 is 2.73 bits per heavy atom. The second-order valence-electron chi connectivity index (χ2n) is 8.25. The summed E-state index contributed by atoms with van der Waals surface area (Å²) in [5, 5.41) is 6.86. The van der Waals surface area contributed by atoms with E-state index in [1.54, 1.807) is 19.2 Å². The lowest BCUT2D eigenvalue weighted by molar-refractivity contribution is -0.131. The average molecular weight is 453 g/mol. The van der Waals surface area contributed by atoms with Crippen molar-refractivity contribution in [1.29, 1.82) is 0 Å². The number of nitrogens with one attached hydrogen (secondary N) is 1. The van der Waals surface area contributed by atoms with Gasteiger partial charge in [-0.15, -0.1) is 0 Å². The summed E-state index contributed by atoms with van der Waals surface area (Å²) in [5.41, 5.74) is 5.60. The Hall–Kier alpha value is -3.46. The lowest BCUT2D eigenvalue weighted by Gasteiger charge is -2.30. The molecule has 1 aliphatic heterocycles. The minimum Gasteiger partial charge on any atom is -0.453 e. The van der Waals surface area contributed by atoms with Gasteiger partial charge in [-0.3, -0.25) is 14.6 Å². The summed E-state index contributed by atoms with van der Waals surface area (Å²) < 4.78 is 15.7. The number of carbonyl (C=O) groups excluding carboxylic acids is 2. The number of hydrogen-bond acceptors (Lipinski definition) is 7. The molecule has 174 valence electrons. The molecule has 2 amide bonds. The quantitative estimate of drug-likeness (QED) is 0.587. The molecule has 4 heterocycles. The van der Waals surface area contributed by atoms with E-state index in [0.29, 0.717) is 44.2 Å². The topological polar surface area (TPSA) is 111 Å². The van der Waals surface area contributed by atoms with E-state index in [1.165, 1.54) is 0 Å². The highest BCUT2D eigenvalue weighted by molar-refractivity contribution is 5.91. The van der Waals surface area contributed by atoms with Gasteiger partial charge < -0.3 is 23.9 Å². The molecule has 1 aliphatic rings. The fourth-order valence-corrected chi connectivity index (χ4v) is 4.16. The monoisotopic (exact) mass is 452 g/mol. The number of aromatic nitrogens is 2. The lowest BCUT2D eigenvalue weighted by atomic mass is 9.94. The molecule has 0 aliphatic carbocycles. The Balaban J connectivity index is 1.44. The number of fused-ring (bicyclic) bond motifs is 1. The number of amides is 2. The molecule has 9 nitrogen and oxygen atoms in total. The van der Waals surface area contributed by atoms with E-state index in [2.05, 4.69) is 15.5 Å². The van der Waals surface area contributed by atoms with Crippen LogP contribution in [0.25, 0.3) is 0 Å². The van der Waals surface area contributed by atoms with Gasteiger partial charge in [-0.25, -0.2) is 0 Å². The van der Waals surface area contributed by atoms with Crippen molar-refractivity contribution in [3.8, 4) is 0 Å². The molecule has 33 heavy (non-hydrogen) atoms. The highest BCUT2D eigenvalue weighted by Gasteiger charge is 2.26. The van der Waals surface area contributed by atoms with Gasteiger partial charge in [-0.2, -0.15) is 0 Å². The van der Waals surface area contributed by atoms with Crippen LogP contribution in [0.3, 0.4) is 0 Å². The molecule has 0 aromatic carbocycles. The first-order valence-corrected chi connectivity index (χ1v) is 10.9. The van der Waals surface area contributed by atoms with Crippen LogP contribution in [-0.4, -0.2) is 40.5 Å². The summed E-state index contributed by atoms with van der Waals surface area (Å²) in [6.07, 6.45) is 2.80.